The second-order valence-electron chi connectivity index (χ2n) is 3.53. The molecule has 0 unspecified atom stereocenters. The van der Waals surface area contributed by atoms with Gasteiger partial charge in [0.2, 0.25) is 0 Å². The predicted octanol–water partition coefficient (Wildman–Crippen LogP) is 4.51. The van der Waals surface area contributed by atoms with Crippen molar-refractivity contribution >= 4 is 27.5 Å². The van der Waals surface area contributed by atoms with E-state index in [0.717, 1.165) is 15.2 Å². The highest BCUT2D eigenvalue weighted by atomic mass is 79.9. The summed E-state index contributed by atoms with van der Waals surface area (Å²) in [6.07, 6.45) is 0. The van der Waals surface area contributed by atoms with Crippen LogP contribution in [0.15, 0.2) is 34.8 Å². The predicted molar refractivity (Wildman–Crippen MR) is 68.0 cm³/mol. The molecule has 2 aromatic rings. The third-order valence-electron chi connectivity index (χ3n) is 2.44. The van der Waals surface area contributed by atoms with Gasteiger partial charge >= 0.3 is 0 Å². The number of rotatable bonds is 1. The molecule has 0 amide bonds. The molecule has 78 valence electrons. The van der Waals surface area contributed by atoms with E-state index in [0.29, 0.717) is 0 Å². The molecule has 0 saturated heterocycles. The summed E-state index contributed by atoms with van der Waals surface area (Å²) in [6, 6.07) is 9.97. The monoisotopic (exact) mass is 283 g/mol. The highest BCUT2D eigenvalue weighted by Crippen LogP contribution is 2.25. The Labute approximate surface area is 103 Å². The number of aryl methyl sites for hydroxylation is 1. The first-order chi connectivity index (χ1) is 7.09. The fourth-order valence-electron chi connectivity index (χ4n) is 1.74. The van der Waals surface area contributed by atoms with Crippen LogP contribution >= 0.6 is 27.5 Å². The fraction of sp³-hybridized carbons (Fsp3) is 0.167. The lowest BCUT2D eigenvalue weighted by molar-refractivity contribution is 0.963. The van der Waals surface area contributed by atoms with Crippen LogP contribution in [0.5, 0.6) is 0 Å². The Balaban J connectivity index is 2.63. The minimum atomic E-state index is 0.760. The zero-order valence-electron chi connectivity index (χ0n) is 8.59. The molecule has 0 spiro atoms. The van der Waals surface area contributed by atoms with Crippen LogP contribution in [0.2, 0.25) is 5.02 Å². The molecule has 0 atom stereocenters. The zero-order valence-corrected chi connectivity index (χ0v) is 10.9. The van der Waals surface area contributed by atoms with Crippen LogP contribution in [-0.2, 0) is 0 Å². The lowest BCUT2D eigenvalue weighted by Crippen LogP contribution is -1.98. The van der Waals surface area contributed by atoms with Gasteiger partial charge in [0.25, 0.3) is 0 Å². The number of aromatic nitrogens is 1. The number of hydrogen-bond donors (Lipinski definition) is 0. The molecule has 2 rings (SSSR count). The van der Waals surface area contributed by atoms with E-state index in [4.69, 9.17) is 11.6 Å². The first-order valence-electron chi connectivity index (χ1n) is 4.70. The number of hydrogen-bond acceptors (Lipinski definition) is 0. The van der Waals surface area contributed by atoms with E-state index >= 15 is 0 Å². The Morgan fingerprint density at radius 2 is 1.93 bits per heavy atom. The fourth-order valence-corrected chi connectivity index (χ4v) is 2.43. The Morgan fingerprint density at radius 3 is 2.47 bits per heavy atom. The highest BCUT2D eigenvalue weighted by molar-refractivity contribution is 9.10. The third kappa shape index (κ3) is 1.97. The van der Waals surface area contributed by atoms with Gasteiger partial charge in [-0.1, -0.05) is 17.7 Å². The quantitative estimate of drug-likeness (QED) is 0.726. The zero-order chi connectivity index (χ0) is 11.0. The molecule has 0 N–H and O–H groups in total. The molecule has 1 aromatic heterocycles. The van der Waals surface area contributed by atoms with Crippen LogP contribution in [0, 0.1) is 13.8 Å². The van der Waals surface area contributed by atoms with Crippen LogP contribution in [0.4, 0.5) is 0 Å². The maximum absolute atomic E-state index is 5.98. The molecule has 1 nitrogen and oxygen atoms in total. The lowest BCUT2D eigenvalue weighted by Gasteiger charge is -2.09. The summed E-state index contributed by atoms with van der Waals surface area (Å²) in [5.74, 6) is 0. The van der Waals surface area contributed by atoms with Gasteiger partial charge < -0.3 is 4.57 Å². The molecule has 0 radical (unpaired) electrons. The van der Waals surface area contributed by atoms with E-state index < -0.39 is 0 Å². The standard InChI is InChI=1S/C12H11BrClN/c1-8-6-12(13)9(2)15(8)11-5-3-4-10(14)7-11/h3-7H,1-2H3. The van der Waals surface area contributed by atoms with E-state index in [2.05, 4.69) is 46.5 Å². The summed E-state index contributed by atoms with van der Waals surface area (Å²) < 4.78 is 3.30. The molecule has 0 saturated carbocycles. The van der Waals surface area contributed by atoms with Gasteiger partial charge in [-0.15, -0.1) is 0 Å². The number of benzene rings is 1. The average Bonchev–Trinajstić information content (AvgIpc) is 2.41. The Kier molecular flexibility index (Phi) is 2.89. The Bertz CT molecular complexity index is 502. The van der Waals surface area contributed by atoms with E-state index in [1.54, 1.807) is 0 Å². The first-order valence-corrected chi connectivity index (χ1v) is 5.87. The minimum Gasteiger partial charge on any atom is -0.317 e. The summed E-state index contributed by atoms with van der Waals surface area (Å²) in [4.78, 5) is 0. The molecule has 3 heteroatoms. The second-order valence-corrected chi connectivity index (χ2v) is 4.83. The molecule has 1 heterocycles. The maximum Gasteiger partial charge on any atom is 0.0470 e. The molecular weight excluding hydrogens is 273 g/mol. The molecule has 0 aliphatic rings. The van der Waals surface area contributed by atoms with E-state index in [-0.39, 0.29) is 0 Å². The van der Waals surface area contributed by atoms with Gasteiger partial charge in [-0.05, 0) is 54.0 Å². The van der Waals surface area contributed by atoms with E-state index in [9.17, 15) is 0 Å². The third-order valence-corrected chi connectivity index (χ3v) is 3.47. The Hall–Kier alpha value is -0.730. The van der Waals surface area contributed by atoms with Crippen LogP contribution in [0.3, 0.4) is 0 Å². The van der Waals surface area contributed by atoms with Crippen LogP contribution in [0.1, 0.15) is 11.4 Å². The summed E-state index contributed by atoms with van der Waals surface area (Å²) in [5.41, 5.74) is 3.49. The van der Waals surface area contributed by atoms with Crippen LogP contribution in [-0.4, -0.2) is 4.57 Å². The number of nitrogens with zero attached hydrogens (tertiary/aromatic N) is 1. The van der Waals surface area contributed by atoms with Crippen LogP contribution in [0.25, 0.3) is 5.69 Å². The van der Waals surface area contributed by atoms with Gasteiger partial charge in [-0.25, -0.2) is 0 Å². The van der Waals surface area contributed by atoms with E-state index in [1.165, 1.54) is 11.4 Å². The second kappa shape index (κ2) is 4.03. The smallest absolute Gasteiger partial charge is 0.0470 e. The van der Waals surface area contributed by atoms with Gasteiger partial charge in [0.05, 0.1) is 0 Å². The highest BCUT2D eigenvalue weighted by Gasteiger charge is 2.08. The van der Waals surface area contributed by atoms with Crippen molar-refractivity contribution in [1.29, 1.82) is 0 Å². The van der Waals surface area contributed by atoms with Crippen molar-refractivity contribution in [1.82, 2.24) is 4.57 Å². The molecule has 0 fully saturated rings. The molecule has 0 bridgehead atoms. The lowest BCUT2D eigenvalue weighted by atomic mass is 10.3. The van der Waals surface area contributed by atoms with Crippen molar-refractivity contribution in [2.45, 2.75) is 13.8 Å². The molecule has 0 aliphatic heterocycles. The van der Waals surface area contributed by atoms with Crippen molar-refractivity contribution in [2.24, 2.45) is 0 Å². The summed E-state index contributed by atoms with van der Waals surface area (Å²) in [5, 5.41) is 0.760. The van der Waals surface area contributed by atoms with E-state index in [1.807, 2.05) is 18.2 Å². The Morgan fingerprint density at radius 1 is 1.20 bits per heavy atom. The topological polar surface area (TPSA) is 4.93 Å². The van der Waals surface area contributed by atoms with Crippen LogP contribution < -0.4 is 0 Å². The summed E-state index contributed by atoms with van der Waals surface area (Å²) in [6.45, 7) is 4.16. The molecule has 1 aromatic carbocycles. The summed E-state index contributed by atoms with van der Waals surface area (Å²) >= 11 is 9.51. The van der Waals surface area contributed by atoms with Gasteiger partial charge in [-0.2, -0.15) is 0 Å². The van der Waals surface area contributed by atoms with Crippen molar-refractivity contribution in [3.63, 3.8) is 0 Å². The van der Waals surface area contributed by atoms with Gasteiger partial charge in [0.15, 0.2) is 0 Å². The maximum atomic E-state index is 5.98. The van der Waals surface area contributed by atoms with Crippen molar-refractivity contribution in [3.8, 4) is 5.69 Å². The van der Waals surface area contributed by atoms with Gasteiger partial charge in [0.1, 0.15) is 0 Å². The largest absolute Gasteiger partial charge is 0.317 e. The molecule has 0 aliphatic carbocycles. The van der Waals surface area contributed by atoms with Crippen molar-refractivity contribution in [3.05, 3.63) is 51.2 Å². The normalized spacial score (nSPS) is 10.7. The van der Waals surface area contributed by atoms with Crippen molar-refractivity contribution in [2.75, 3.05) is 0 Å². The molecular formula is C12H11BrClN. The minimum absolute atomic E-state index is 0.760. The SMILES string of the molecule is Cc1cc(Br)c(C)n1-c1cccc(Cl)c1. The van der Waals surface area contributed by atoms with Crippen molar-refractivity contribution < 1.29 is 0 Å². The molecule has 15 heavy (non-hydrogen) atoms. The van der Waals surface area contributed by atoms with Gasteiger partial charge in [0, 0.05) is 26.6 Å². The van der Waals surface area contributed by atoms with Gasteiger partial charge in [-0.3, -0.25) is 0 Å². The summed E-state index contributed by atoms with van der Waals surface area (Å²) in [7, 11) is 0. The average molecular weight is 285 g/mol. The first kappa shape index (κ1) is 10.8. The number of halogens is 2.